The fraction of sp³-hybridized carbons (Fsp3) is 0.571. The van der Waals surface area contributed by atoms with Crippen LogP contribution in [0.4, 0.5) is 5.82 Å². The highest BCUT2D eigenvalue weighted by molar-refractivity contribution is 5.53. The van der Waals surface area contributed by atoms with E-state index in [4.69, 9.17) is 9.47 Å². The number of unbranched alkanes of at least 4 members (excludes halogenated alkanes) is 1. The van der Waals surface area contributed by atoms with Crippen molar-refractivity contribution in [3.63, 3.8) is 0 Å². The van der Waals surface area contributed by atoms with Gasteiger partial charge in [-0.15, -0.1) is 0 Å². The number of hydrogen-bond donors (Lipinski definition) is 1. The van der Waals surface area contributed by atoms with E-state index in [-0.39, 0.29) is 0 Å². The predicted molar refractivity (Wildman–Crippen MR) is 78.4 cm³/mol. The minimum atomic E-state index is 0.481. The van der Waals surface area contributed by atoms with Gasteiger partial charge in [-0.2, -0.15) is 4.98 Å². The highest BCUT2D eigenvalue weighted by Gasteiger charge is 2.08. The van der Waals surface area contributed by atoms with Crippen LogP contribution in [0.1, 0.15) is 26.7 Å². The number of hydrogen-bond acceptors (Lipinski definition) is 5. The summed E-state index contributed by atoms with van der Waals surface area (Å²) in [7, 11) is 0. The van der Waals surface area contributed by atoms with Gasteiger partial charge in [-0.05, 0) is 13.3 Å². The SMILES string of the molecule is CCCCOCCOc1nc(NCC)cn2ccnc12. The molecule has 110 valence electrons. The number of imidazole rings is 1. The molecule has 6 heteroatoms. The predicted octanol–water partition coefficient (Wildman–Crippen LogP) is 2.36. The second-order valence-electron chi connectivity index (χ2n) is 4.43. The molecule has 0 bridgehead atoms. The van der Waals surface area contributed by atoms with E-state index in [0.717, 1.165) is 37.5 Å². The number of fused-ring (bicyclic) bond motifs is 1. The van der Waals surface area contributed by atoms with Crippen LogP contribution >= 0.6 is 0 Å². The van der Waals surface area contributed by atoms with E-state index < -0.39 is 0 Å². The lowest BCUT2D eigenvalue weighted by molar-refractivity contribution is 0.0969. The molecule has 1 N–H and O–H groups in total. The first-order chi connectivity index (χ1) is 9.85. The summed E-state index contributed by atoms with van der Waals surface area (Å²) in [4.78, 5) is 8.68. The summed E-state index contributed by atoms with van der Waals surface area (Å²) < 4.78 is 13.1. The average molecular weight is 278 g/mol. The Balaban J connectivity index is 1.95. The van der Waals surface area contributed by atoms with E-state index in [1.165, 1.54) is 0 Å². The van der Waals surface area contributed by atoms with Crippen LogP contribution < -0.4 is 10.1 Å². The molecule has 2 rings (SSSR count). The smallest absolute Gasteiger partial charge is 0.260 e. The van der Waals surface area contributed by atoms with Crippen LogP contribution in [0.25, 0.3) is 5.65 Å². The third kappa shape index (κ3) is 3.84. The molecule has 2 aromatic rings. The van der Waals surface area contributed by atoms with Gasteiger partial charge in [0.15, 0.2) is 0 Å². The number of nitrogens with zero attached hydrogens (tertiary/aromatic N) is 3. The van der Waals surface area contributed by atoms with Crippen LogP contribution in [0.3, 0.4) is 0 Å². The van der Waals surface area contributed by atoms with Crippen molar-refractivity contribution in [2.75, 3.05) is 31.7 Å². The minimum Gasteiger partial charge on any atom is -0.473 e. The zero-order valence-corrected chi connectivity index (χ0v) is 12.1. The van der Waals surface area contributed by atoms with Gasteiger partial charge in [-0.3, -0.25) is 4.40 Å². The fourth-order valence-corrected chi connectivity index (χ4v) is 1.81. The second kappa shape index (κ2) is 7.69. The van der Waals surface area contributed by atoms with E-state index in [0.29, 0.717) is 19.1 Å². The fourth-order valence-electron chi connectivity index (χ4n) is 1.81. The Kier molecular flexibility index (Phi) is 5.61. The molecule has 0 unspecified atom stereocenters. The van der Waals surface area contributed by atoms with E-state index in [1.54, 1.807) is 6.20 Å². The molecule has 0 saturated heterocycles. The molecule has 0 aliphatic heterocycles. The standard InChI is InChI=1S/C14H22N4O2/c1-3-5-8-19-9-10-20-14-13-16-6-7-18(13)11-12(17-14)15-4-2/h6-7,11,15H,3-5,8-10H2,1-2H3. The van der Waals surface area contributed by atoms with Crippen molar-refractivity contribution in [2.45, 2.75) is 26.7 Å². The molecule has 0 fully saturated rings. The molecule has 0 aromatic carbocycles. The Morgan fingerprint density at radius 1 is 1.25 bits per heavy atom. The zero-order valence-electron chi connectivity index (χ0n) is 12.1. The first-order valence-corrected chi connectivity index (χ1v) is 7.13. The van der Waals surface area contributed by atoms with E-state index in [1.807, 2.05) is 23.7 Å². The Bertz CT molecular complexity index is 527. The van der Waals surface area contributed by atoms with Crippen molar-refractivity contribution in [3.05, 3.63) is 18.6 Å². The van der Waals surface area contributed by atoms with Gasteiger partial charge < -0.3 is 14.8 Å². The average Bonchev–Trinajstić information content (AvgIpc) is 2.91. The van der Waals surface area contributed by atoms with Gasteiger partial charge in [0.1, 0.15) is 12.4 Å². The van der Waals surface area contributed by atoms with Crippen LogP contribution in [0.5, 0.6) is 5.88 Å². The van der Waals surface area contributed by atoms with Crippen LogP contribution in [0.2, 0.25) is 0 Å². The molecular weight excluding hydrogens is 256 g/mol. The number of nitrogens with one attached hydrogen (secondary N) is 1. The molecule has 0 amide bonds. The van der Waals surface area contributed by atoms with Gasteiger partial charge in [0, 0.05) is 25.5 Å². The van der Waals surface area contributed by atoms with Gasteiger partial charge in [0.2, 0.25) is 5.65 Å². The van der Waals surface area contributed by atoms with E-state index in [9.17, 15) is 0 Å². The Morgan fingerprint density at radius 2 is 2.15 bits per heavy atom. The highest BCUT2D eigenvalue weighted by atomic mass is 16.5. The lowest BCUT2D eigenvalue weighted by Crippen LogP contribution is -2.10. The second-order valence-corrected chi connectivity index (χ2v) is 4.43. The van der Waals surface area contributed by atoms with Gasteiger partial charge in [0.25, 0.3) is 5.88 Å². The molecule has 0 saturated carbocycles. The largest absolute Gasteiger partial charge is 0.473 e. The monoisotopic (exact) mass is 278 g/mol. The summed E-state index contributed by atoms with van der Waals surface area (Å²) in [6.45, 7) is 6.82. The van der Waals surface area contributed by atoms with Gasteiger partial charge in [0.05, 0.1) is 12.8 Å². The summed E-state index contributed by atoms with van der Waals surface area (Å²) in [5.74, 6) is 1.31. The lowest BCUT2D eigenvalue weighted by Gasteiger charge is -2.10. The van der Waals surface area contributed by atoms with Crippen LogP contribution in [0, 0.1) is 0 Å². The maximum Gasteiger partial charge on any atom is 0.260 e. The maximum atomic E-state index is 5.69. The summed E-state index contributed by atoms with van der Waals surface area (Å²) in [5, 5.41) is 3.18. The molecule has 0 radical (unpaired) electrons. The van der Waals surface area contributed by atoms with Crippen molar-refractivity contribution in [2.24, 2.45) is 0 Å². The molecular formula is C14H22N4O2. The molecule has 6 nitrogen and oxygen atoms in total. The highest BCUT2D eigenvalue weighted by Crippen LogP contribution is 2.18. The summed E-state index contributed by atoms with van der Waals surface area (Å²) >= 11 is 0. The molecule has 20 heavy (non-hydrogen) atoms. The summed E-state index contributed by atoms with van der Waals surface area (Å²) in [6, 6.07) is 0. The number of rotatable bonds is 9. The Labute approximate surface area is 119 Å². The topological polar surface area (TPSA) is 60.7 Å². The molecule has 2 aromatic heterocycles. The van der Waals surface area contributed by atoms with Crippen LogP contribution in [-0.2, 0) is 4.74 Å². The van der Waals surface area contributed by atoms with Crippen molar-refractivity contribution >= 4 is 11.5 Å². The number of anilines is 1. The third-order valence-electron chi connectivity index (χ3n) is 2.81. The van der Waals surface area contributed by atoms with Crippen molar-refractivity contribution in [1.82, 2.24) is 14.4 Å². The quantitative estimate of drug-likeness (QED) is 0.713. The molecule has 2 heterocycles. The minimum absolute atomic E-state index is 0.481. The molecule has 0 aliphatic rings. The van der Waals surface area contributed by atoms with E-state index >= 15 is 0 Å². The first-order valence-electron chi connectivity index (χ1n) is 7.13. The van der Waals surface area contributed by atoms with Crippen molar-refractivity contribution in [1.29, 1.82) is 0 Å². The maximum absolute atomic E-state index is 5.69. The molecule has 0 spiro atoms. The van der Waals surface area contributed by atoms with E-state index in [2.05, 4.69) is 22.2 Å². The van der Waals surface area contributed by atoms with Gasteiger partial charge in [-0.1, -0.05) is 13.3 Å². The van der Waals surface area contributed by atoms with Crippen LogP contribution in [-0.4, -0.2) is 40.7 Å². The lowest BCUT2D eigenvalue weighted by atomic mass is 10.4. The van der Waals surface area contributed by atoms with Gasteiger partial charge in [-0.25, -0.2) is 4.98 Å². The summed E-state index contributed by atoms with van der Waals surface area (Å²) in [6.07, 6.45) is 7.73. The molecule has 0 aliphatic carbocycles. The molecule has 0 atom stereocenters. The number of ether oxygens (including phenoxy) is 2. The first kappa shape index (κ1) is 14.6. The van der Waals surface area contributed by atoms with Gasteiger partial charge >= 0.3 is 0 Å². The third-order valence-corrected chi connectivity index (χ3v) is 2.81. The van der Waals surface area contributed by atoms with Crippen molar-refractivity contribution < 1.29 is 9.47 Å². The number of aromatic nitrogens is 3. The normalized spacial score (nSPS) is 10.9. The summed E-state index contributed by atoms with van der Waals surface area (Å²) in [5.41, 5.74) is 0.722. The Morgan fingerprint density at radius 3 is 2.95 bits per heavy atom. The Hall–Kier alpha value is -1.82. The van der Waals surface area contributed by atoms with Crippen LogP contribution in [0.15, 0.2) is 18.6 Å². The zero-order chi connectivity index (χ0) is 14.2. The van der Waals surface area contributed by atoms with Crippen molar-refractivity contribution in [3.8, 4) is 5.88 Å².